The minimum atomic E-state index is -3.48. The van der Waals surface area contributed by atoms with E-state index >= 15 is 0 Å². The summed E-state index contributed by atoms with van der Waals surface area (Å²) in [6.45, 7) is 3.93. The van der Waals surface area contributed by atoms with E-state index in [2.05, 4.69) is 0 Å². The zero-order valence-corrected chi connectivity index (χ0v) is 12.6. The van der Waals surface area contributed by atoms with Crippen molar-refractivity contribution in [3.05, 3.63) is 23.2 Å². The molecule has 0 aliphatic carbocycles. The number of hydrogen-bond acceptors (Lipinski definition) is 4. The van der Waals surface area contributed by atoms with Gasteiger partial charge in [0.05, 0.1) is 27.4 Å². The van der Waals surface area contributed by atoms with Crippen LogP contribution >= 0.6 is 11.6 Å². The molecule has 6 heteroatoms. The van der Waals surface area contributed by atoms with Gasteiger partial charge in [-0.15, -0.1) is 0 Å². The molecule has 2 rings (SSSR count). The SMILES string of the molecule is CC1(C)CCC(CS(=O)(=O)c2cc(N)ccc2Cl)O1. The fraction of sp³-hybridized carbons (Fsp3) is 0.538. The van der Waals surface area contributed by atoms with Gasteiger partial charge in [-0.1, -0.05) is 11.6 Å². The molecule has 1 saturated heterocycles. The van der Waals surface area contributed by atoms with E-state index in [1.54, 1.807) is 6.07 Å². The number of rotatable bonds is 3. The lowest BCUT2D eigenvalue weighted by Crippen LogP contribution is -2.25. The first-order valence-electron chi connectivity index (χ1n) is 6.15. The molecule has 1 aromatic rings. The molecule has 1 aliphatic rings. The van der Waals surface area contributed by atoms with Crippen LogP contribution in [0.25, 0.3) is 0 Å². The Morgan fingerprint density at radius 1 is 1.47 bits per heavy atom. The van der Waals surface area contributed by atoms with Crippen molar-refractivity contribution in [3.8, 4) is 0 Å². The lowest BCUT2D eigenvalue weighted by molar-refractivity contribution is -0.00527. The molecule has 1 unspecified atom stereocenters. The number of ether oxygens (including phenoxy) is 1. The summed E-state index contributed by atoms with van der Waals surface area (Å²) < 4.78 is 30.4. The summed E-state index contributed by atoms with van der Waals surface area (Å²) in [5, 5.41) is 0.200. The average molecular weight is 304 g/mol. The third-order valence-corrected chi connectivity index (χ3v) is 5.51. The van der Waals surface area contributed by atoms with Gasteiger partial charge in [0.1, 0.15) is 0 Å². The standard InChI is InChI=1S/C13H18ClNO3S/c1-13(2)6-5-10(18-13)8-19(16,17)12-7-9(15)3-4-11(12)14/h3-4,7,10H,5-6,8,15H2,1-2H3. The third-order valence-electron chi connectivity index (χ3n) is 3.25. The molecular formula is C13H18ClNO3S. The van der Waals surface area contributed by atoms with E-state index in [9.17, 15) is 8.42 Å². The summed E-state index contributed by atoms with van der Waals surface area (Å²) in [6.07, 6.45) is 1.32. The average Bonchev–Trinajstić information content (AvgIpc) is 2.60. The van der Waals surface area contributed by atoms with Crippen LogP contribution in [0.1, 0.15) is 26.7 Å². The van der Waals surface area contributed by atoms with E-state index in [0.29, 0.717) is 5.69 Å². The Bertz CT molecular complexity index is 584. The number of benzene rings is 1. The van der Waals surface area contributed by atoms with Crippen molar-refractivity contribution in [2.75, 3.05) is 11.5 Å². The van der Waals surface area contributed by atoms with E-state index in [4.69, 9.17) is 22.1 Å². The molecule has 0 aromatic heterocycles. The highest BCUT2D eigenvalue weighted by molar-refractivity contribution is 7.91. The maximum Gasteiger partial charge on any atom is 0.182 e. The Labute approximate surface area is 118 Å². The van der Waals surface area contributed by atoms with Gasteiger partial charge in [0.15, 0.2) is 9.84 Å². The Balaban J connectivity index is 2.22. The zero-order chi connectivity index (χ0) is 14.3. The van der Waals surface area contributed by atoms with Crippen LogP contribution in [0.2, 0.25) is 5.02 Å². The normalized spacial score (nSPS) is 22.6. The number of sulfone groups is 1. The first-order valence-corrected chi connectivity index (χ1v) is 8.18. The van der Waals surface area contributed by atoms with Gasteiger partial charge in [-0.2, -0.15) is 0 Å². The third kappa shape index (κ3) is 3.41. The Kier molecular flexibility index (Phi) is 3.82. The highest BCUT2D eigenvalue weighted by Gasteiger charge is 2.35. The van der Waals surface area contributed by atoms with Crippen molar-refractivity contribution in [1.82, 2.24) is 0 Å². The molecule has 1 fully saturated rings. The number of hydrogen-bond donors (Lipinski definition) is 1. The van der Waals surface area contributed by atoms with E-state index in [-0.39, 0.29) is 27.4 Å². The van der Waals surface area contributed by atoms with Crippen LogP contribution < -0.4 is 5.73 Å². The second-order valence-electron chi connectivity index (χ2n) is 5.51. The number of halogens is 1. The maximum atomic E-state index is 12.4. The number of nitrogens with two attached hydrogens (primary N) is 1. The second-order valence-corrected chi connectivity index (χ2v) is 7.92. The second kappa shape index (κ2) is 4.96. The quantitative estimate of drug-likeness (QED) is 0.872. The molecule has 0 amide bonds. The molecular weight excluding hydrogens is 286 g/mol. The lowest BCUT2D eigenvalue weighted by atomic mass is 10.1. The maximum absolute atomic E-state index is 12.4. The van der Waals surface area contributed by atoms with Crippen LogP contribution in [0.3, 0.4) is 0 Å². The topological polar surface area (TPSA) is 69.4 Å². The Morgan fingerprint density at radius 3 is 2.74 bits per heavy atom. The van der Waals surface area contributed by atoms with E-state index in [1.165, 1.54) is 12.1 Å². The monoisotopic (exact) mass is 303 g/mol. The van der Waals surface area contributed by atoms with Gasteiger partial charge in [-0.25, -0.2) is 8.42 Å². The van der Waals surface area contributed by atoms with Crippen LogP contribution in [0.4, 0.5) is 5.69 Å². The highest BCUT2D eigenvalue weighted by atomic mass is 35.5. The van der Waals surface area contributed by atoms with Crippen molar-refractivity contribution in [1.29, 1.82) is 0 Å². The molecule has 2 N–H and O–H groups in total. The molecule has 1 aromatic carbocycles. The van der Waals surface area contributed by atoms with Gasteiger partial charge in [0.25, 0.3) is 0 Å². The predicted molar refractivity (Wildman–Crippen MR) is 76.1 cm³/mol. The minimum Gasteiger partial charge on any atom is -0.399 e. The summed E-state index contributed by atoms with van der Waals surface area (Å²) in [5.41, 5.74) is 5.76. The minimum absolute atomic E-state index is 0.0559. The van der Waals surface area contributed by atoms with Crippen LogP contribution in [0.15, 0.2) is 23.1 Å². The van der Waals surface area contributed by atoms with Gasteiger partial charge in [-0.05, 0) is 44.9 Å². The molecule has 1 heterocycles. The van der Waals surface area contributed by atoms with Crippen LogP contribution in [-0.4, -0.2) is 25.9 Å². The number of nitrogen functional groups attached to an aromatic ring is 1. The van der Waals surface area contributed by atoms with Crippen molar-refractivity contribution in [3.63, 3.8) is 0 Å². The summed E-state index contributed by atoms with van der Waals surface area (Å²) in [4.78, 5) is 0.0856. The van der Waals surface area contributed by atoms with Gasteiger partial charge < -0.3 is 10.5 Å². The smallest absolute Gasteiger partial charge is 0.182 e. The highest BCUT2D eigenvalue weighted by Crippen LogP contribution is 2.32. The molecule has 0 radical (unpaired) electrons. The predicted octanol–water partition coefficient (Wildman–Crippen LogP) is 2.65. The fourth-order valence-corrected chi connectivity index (χ4v) is 4.34. The Morgan fingerprint density at radius 2 is 2.16 bits per heavy atom. The van der Waals surface area contributed by atoms with Crippen molar-refractivity contribution in [2.45, 2.75) is 43.3 Å². The fourth-order valence-electron chi connectivity index (χ4n) is 2.29. The molecule has 0 spiro atoms. The van der Waals surface area contributed by atoms with Crippen LogP contribution in [0, 0.1) is 0 Å². The van der Waals surface area contributed by atoms with Crippen LogP contribution in [-0.2, 0) is 14.6 Å². The first-order chi connectivity index (χ1) is 8.70. The summed E-state index contributed by atoms with van der Waals surface area (Å²) in [7, 11) is -3.48. The lowest BCUT2D eigenvalue weighted by Gasteiger charge is -2.19. The van der Waals surface area contributed by atoms with Crippen LogP contribution in [0.5, 0.6) is 0 Å². The van der Waals surface area contributed by atoms with Gasteiger partial charge >= 0.3 is 0 Å². The Hall–Kier alpha value is -0.780. The van der Waals surface area contributed by atoms with Gasteiger partial charge in [0, 0.05) is 5.69 Å². The molecule has 1 aliphatic heterocycles. The molecule has 1 atom stereocenters. The molecule has 106 valence electrons. The zero-order valence-electron chi connectivity index (χ0n) is 11.0. The summed E-state index contributed by atoms with van der Waals surface area (Å²) in [6, 6.07) is 4.48. The largest absolute Gasteiger partial charge is 0.399 e. The van der Waals surface area contributed by atoms with E-state index < -0.39 is 9.84 Å². The molecule has 0 bridgehead atoms. The van der Waals surface area contributed by atoms with E-state index in [0.717, 1.165) is 12.8 Å². The van der Waals surface area contributed by atoms with Gasteiger partial charge in [-0.3, -0.25) is 0 Å². The molecule has 0 saturated carbocycles. The van der Waals surface area contributed by atoms with Crippen molar-refractivity contribution in [2.24, 2.45) is 0 Å². The van der Waals surface area contributed by atoms with Gasteiger partial charge in [0.2, 0.25) is 0 Å². The van der Waals surface area contributed by atoms with Crippen molar-refractivity contribution >= 4 is 27.1 Å². The first kappa shape index (κ1) is 14.6. The number of anilines is 1. The molecule has 19 heavy (non-hydrogen) atoms. The summed E-state index contributed by atoms with van der Waals surface area (Å²) >= 11 is 5.95. The van der Waals surface area contributed by atoms with Crippen molar-refractivity contribution < 1.29 is 13.2 Å². The van der Waals surface area contributed by atoms with E-state index in [1.807, 2.05) is 13.8 Å². The summed E-state index contributed by atoms with van der Waals surface area (Å²) in [5.74, 6) is -0.0559. The molecule has 4 nitrogen and oxygen atoms in total.